The Morgan fingerprint density at radius 1 is 1.44 bits per heavy atom. The van der Waals surface area contributed by atoms with Crippen molar-refractivity contribution in [3.63, 3.8) is 0 Å². The molecule has 1 rings (SSSR count). The van der Waals surface area contributed by atoms with E-state index in [1.165, 1.54) is 20.9 Å². The predicted molar refractivity (Wildman–Crippen MR) is 75.2 cm³/mol. The summed E-state index contributed by atoms with van der Waals surface area (Å²) in [5.74, 6) is 0.610. The van der Waals surface area contributed by atoms with Crippen molar-refractivity contribution in [2.45, 2.75) is 34.6 Å². The summed E-state index contributed by atoms with van der Waals surface area (Å²) < 4.78 is 0. The number of hydrogen-bond donors (Lipinski definition) is 1. The second-order valence-electron chi connectivity index (χ2n) is 4.52. The van der Waals surface area contributed by atoms with E-state index in [1.807, 2.05) is 11.3 Å². The molecule has 2 heteroatoms. The molecule has 0 aromatic carbocycles. The van der Waals surface area contributed by atoms with Crippen LogP contribution in [0.3, 0.4) is 0 Å². The van der Waals surface area contributed by atoms with Gasteiger partial charge in [0.25, 0.3) is 0 Å². The Kier molecular flexibility index (Phi) is 5.23. The monoisotopic (exact) mass is 237 g/mol. The van der Waals surface area contributed by atoms with Crippen LogP contribution in [-0.4, -0.2) is 13.1 Å². The lowest BCUT2D eigenvalue weighted by Gasteiger charge is -2.11. The zero-order chi connectivity index (χ0) is 12.1. The van der Waals surface area contributed by atoms with Crippen LogP contribution in [0.25, 0.3) is 6.08 Å². The molecule has 0 aliphatic heterocycles. The molecule has 16 heavy (non-hydrogen) atoms. The summed E-state index contributed by atoms with van der Waals surface area (Å²) in [6, 6.07) is 2.29. The second-order valence-corrected chi connectivity index (χ2v) is 5.98. The van der Waals surface area contributed by atoms with Gasteiger partial charge in [-0.25, -0.2) is 0 Å². The maximum atomic E-state index is 3.41. The Morgan fingerprint density at radius 3 is 2.56 bits per heavy atom. The quantitative estimate of drug-likeness (QED) is 0.816. The zero-order valence-corrected chi connectivity index (χ0v) is 11.9. The number of aryl methyl sites for hydroxylation is 2. The van der Waals surface area contributed by atoms with E-state index in [2.05, 4.69) is 52.1 Å². The molecular formula is C14H23NS. The number of hydrogen-bond acceptors (Lipinski definition) is 2. The summed E-state index contributed by atoms with van der Waals surface area (Å²) in [4.78, 5) is 2.82. The molecule has 0 aliphatic carbocycles. The molecule has 0 radical (unpaired) electrons. The number of thiophene rings is 1. The highest BCUT2D eigenvalue weighted by atomic mass is 32.1. The van der Waals surface area contributed by atoms with Gasteiger partial charge in [-0.3, -0.25) is 0 Å². The molecule has 0 saturated carbocycles. The fourth-order valence-corrected chi connectivity index (χ4v) is 2.59. The van der Waals surface area contributed by atoms with Gasteiger partial charge in [-0.2, -0.15) is 0 Å². The molecule has 0 bridgehead atoms. The van der Waals surface area contributed by atoms with Crippen LogP contribution < -0.4 is 5.32 Å². The van der Waals surface area contributed by atoms with Crippen LogP contribution in [0.2, 0.25) is 0 Å². The third-order valence-electron chi connectivity index (χ3n) is 2.74. The van der Waals surface area contributed by atoms with Crippen molar-refractivity contribution in [1.29, 1.82) is 0 Å². The first-order valence-corrected chi connectivity index (χ1v) is 6.84. The molecule has 0 aliphatic rings. The second kappa shape index (κ2) is 6.21. The van der Waals surface area contributed by atoms with Crippen molar-refractivity contribution in [2.75, 3.05) is 13.1 Å². The van der Waals surface area contributed by atoms with Crippen LogP contribution in [0, 0.1) is 19.8 Å². The molecule has 90 valence electrons. The first kappa shape index (κ1) is 13.5. The summed E-state index contributed by atoms with van der Waals surface area (Å²) in [7, 11) is 0. The maximum Gasteiger partial charge on any atom is 0.0170 e. The van der Waals surface area contributed by atoms with Gasteiger partial charge in [0.15, 0.2) is 0 Å². The Hall–Kier alpha value is -0.600. The highest BCUT2D eigenvalue weighted by Crippen LogP contribution is 2.24. The van der Waals surface area contributed by atoms with Gasteiger partial charge < -0.3 is 5.32 Å². The smallest absolute Gasteiger partial charge is 0.0170 e. The van der Waals surface area contributed by atoms with Gasteiger partial charge in [-0.15, -0.1) is 11.3 Å². The molecule has 0 amide bonds. The summed E-state index contributed by atoms with van der Waals surface area (Å²) >= 11 is 1.88. The topological polar surface area (TPSA) is 12.0 Å². The minimum atomic E-state index is 0.610. The molecule has 1 aromatic rings. The van der Waals surface area contributed by atoms with Gasteiger partial charge in [0.05, 0.1) is 0 Å². The molecule has 0 saturated heterocycles. The summed E-state index contributed by atoms with van der Waals surface area (Å²) in [5, 5.41) is 3.41. The Labute approximate surface area is 104 Å². The lowest BCUT2D eigenvalue weighted by molar-refractivity contribution is 0.682. The van der Waals surface area contributed by atoms with Crippen molar-refractivity contribution < 1.29 is 0 Å². The SMILES string of the molecule is CCNCC(=Cc1cc(C)sc1C)C(C)C. The Balaban J connectivity index is 2.88. The first-order valence-electron chi connectivity index (χ1n) is 6.02. The molecule has 0 fully saturated rings. The van der Waals surface area contributed by atoms with E-state index in [1.54, 1.807) is 0 Å². The van der Waals surface area contributed by atoms with Crippen molar-refractivity contribution in [2.24, 2.45) is 5.92 Å². The highest BCUT2D eigenvalue weighted by molar-refractivity contribution is 7.12. The van der Waals surface area contributed by atoms with Gasteiger partial charge in [0.1, 0.15) is 0 Å². The third-order valence-corrected chi connectivity index (χ3v) is 3.72. The molecule has 1 heterocycles. The molecular weight excluding hydrogens is 214 g/mol. The largest absolute Gasteiger partial charge is 0.313 e. The van der Waals surface area contributed by atoms with Crippen LogP contribution in [0.15, 0.2) is 11.6 Å². The van der Waals surface area contributed by atoms with Crippen LogP contribution in [0.4, 0.5) is 0 Å². The van der Waals surface area contributed by atoms with E-state index in [0.717, 1.165) is 13.1 Å². The first-order chi connectivity index (χ1) is 7.54. The summed E-state index contributed by atoms with van der Waals surface area (Å²) in [5.41, 5.74) is 2.88. The highest BCUT2D eigenvalue weighted by Gasteiger charge is 2.05. The van der Waals surface area contributed by atoms with Crippen molar-refractivity contribution >= 4 is 17.4 Å². The van der Waals surface area contributed by atoms with Gasteiger partial charge in [0, 0.05) is 16.3 Å². The van der Waals surface area contributed by atoms with Gasteiger partial charge in [0.2, 0.25) is 0 Å². The van der Waals surface area contributed by atoms with Crippen LogP contribution >= 0.6 is 11.3 Å². The van der Waals surface area contributed by atoms with Crippen LogP contribution in [0.1, 0.15) is 36.1 Å². The average molecular weight is 237 g/mol. The van der Waals surface area contributed by atoms with E-state index in [-0.39, 0.29) is 0 Å². The Morgan fingerprint density at radius 2 is 2.12 bits per heavy atom. The van der Waals surface area contributed by atoms with E-state index in [9.17, 15) is 0 Å². The number of likely N-dealkylation sites (N-methyl/N-ethyl adjacent to an activating group) is 1. The van der Waals surface area contributed by atoms with Crippen molar-refractivity contribution in [3.05, 3.63) is 27.0 Å². The maximum absolute atomic E-state index is 3.41. The standard InChI is InChI=1S/C14H23NS/c1-6-15-9-14(10(2)3)8-13-7-11(4)16-12(13)5/h7-8,10,15H,6,9H2,1-5H3. The lowest BCUT2D eigenvalue weighted by Crippen LogP contribution is -2.18. The molecule has 1 nitrogen and oxygen atoms in total. The third kappa shape index (κ3) is 3.76. The molecule has 0 spiro atoms. The van der Waals surface area contributed by atoms with E-state index >= 15 is 0 Å². The minimum absolute atomic E-state index is 0.610. The van der Waals surface area contributed by atoms with Gasteiger partial charge in [-0.05, 0) is 37.9 Å². The fraction of sp³-hybridized carbons (Fsp3) is 0.571. The molecule has 1 N–H and O–H groups in total. The normalized spacial score (nSPS) is 12.5. The summed E-state index contributed by atoms with van der Waals surface area (Å²) in [6.45, 7) is 13.1. The minimum Gasteiger partial charge on any atom is -0.313 e. The van der Waals surface area contributed by atoms with E-state index in [0.29, 0.717) is 5.92 Å². The van der Waals surface area contributed by atoms with Crippen molar-refractivity contribution in [1.82, 2.24) is 5.32 Å². The average Bonchev–Trinajstić information content (AvgIpc) is 2.51. The number of nitrogens with one attached hydrogen (secondary N) is 1. The van der Waals surface area contributed by atoms with Crippen LogP contribution in [-0.2, 0) is 0 Å². The zero-order valence-electron chi connectivity index (χ0n) is 11.1. The number of rotatable bonds is 5. The van der Waals surface area contributed by atoms with E-state index in [4.69, 9.17) is 0 Å². The van der Waals surface area contributed by atoms with Gasteiger partial charge >= 0.3 is 0 Å². The van der Waals surface area contributed by atoms with Crippen LogP contribution in [0.5, 0.6) is 0 Å². The van der Waals surface area contributed by atoms with Crippen molar-refractivity contribution in [3.8, 4) is 0 Å². The molecule has 1 aromatic heterocycles. The summed E-state index contributed by atoms with van der Waals surface area (Å²) in [6.07, 6.45) is 2.35. The molecule has 0 atom stereocenters. The molecule has 0 unspecified atom stereocenters. The Bertz CT molecular complexity index is 361. The predicted octanol–water partition coefficient (Wildman–Crippen LogP) is 4.01. The van der Waals surface area contributed by atoms with E-state index < -0.39 is 0 Å². The fourth-order valence-electron chi connectivity index (χ4n) is 1.68. The van der Waals surface area contributed by atoms with Gasteiger partial charge in [-0.1, -0.05) is 32.4 Å². The lowest BCUT2D eigenvalue weighted by atomic mass is 10.0.